The maximum absolute atomic E-state index is 12.7. The molecule has 3 N–H and O–H groups in total. The summed E-state index contributed by atoms with van der Waals surface area (Å²) in [5.41, 5.74) is 11.6. The molecule has 144 valence electrons. The van der Waals surface area contributed by atoms with Crippen LogP contribution in [0.1, 0.15) is 43.2 Å². The fourth-order valence-corrected chi connectivity index (χ4v) is 3.47. The van der Waals surface area contributed by atoms with Crippen LogP contribution in [0.3, 0.4) is 0 Å². The van der Waals surface area contributed by atoms with Crippen molar-refractivity contribution in [2.45, 2.75) is 27.2 Å². The Morgan fingerprint density at radius 1 is 1.00 bits per heavy atom. The van der Waals surface area contributed by atoms with Crippen LogP contribution < -0.4 is 11.1 Å². The predicted octanol–water partition coefficient (Wildman–Crippen LogP) is 3.47. The van der Waals surface area contributed by atoms with Gasteiger partial charge in [-0.15, -0.1) is 0 Å². The van der Waals surface area contributed by atoms with Gasteiger partial charge in [-0.05, 0) is 62.6 Å². The van der Waals surface area contributed by atoms with Crippen molar-refractivity contribution >= 4 is 11.8 Å². The van der Waals surface area contributed by atoms with Crippen LogP contribution in [0, 0.1) is 20.8 Å². The third-order valence-electron chi connectivity index (χ3n) is 4.94. The van der Waals surface area contributed by atoms with E-state index in [9.17, 15) is 9.59 Å². The van der Waals surface area contributed by atoms with E-state index >= 15 is 0 Å². The van der Waals surface area contributed by atoms with Gasteiger partial charge >= 0.3 is 0 Å². The summed E-state index contributed by atoms with van der Waals surface area (Å²) in [6.45, 7) is 6.51. The summed E-state index contributed by atoms with van der Waals surface area (Å²) >= 11 is 0. The molecule has 3 aromatic rings. The van der Waals surface area contributed by atoms with Gasteiger partial charge in [0.15, 0.2) is 0 Å². The summed E-state index contributed by atoms with van der Waals surface area (Å²) in [5.74, 6) is -0.548. The maximum Gasteiger partial charge on any atom is 0.253 e. The molecule has 2 amide bonds. The van der Waals surface area contributed by atoms with Crippen molar-refractivity contribution in [2.24, 2.45) is 5.73 Å². The van der Waals surface area contributed by atoms with Crippen LogP contribution in [0.2, 0.25) is 0 Å². The Hall–Kier alpha value is -3.34. The fourth-order valence-electron chi connectivity index (χ4n) is 3.47. The number of carbonyl (C=O) groups excluding carboxylic acids is 2. The van der Waals surface area contributed by atoms with Crippen LogP contribution in [0.5, 0.6) is 0 Å². The van der Waals surface area contributed by atoms with Crippen molar-refractivity contribution in [2.75, 3.05) is 6.54 Å². The highest BCUT2D eigenvalue weighted by molar-refractivity contribution is 5.96. The van der Waals surface area contributed by atoms with Gasteiger partial charge in [0.25, 0.3) is 5.91 Å². The van der Waals surface area contributed by atoms with Crippen molar-refractivity contribution in [3.8, 4) is 5.69 Å². The molecule has 0 aliphatic heterocycles. The Bertz CT molecular complexity index is 1030. The SMILES string of the molecule is Cc1ccccc1-n1c(C)cc(C(=O)NCCc2cccc(C(N)=O)c2)c1C. The zero-order chi connectivity index (χ0) is 20.3. The summed E-state index contributed by atoms with van der Waals surface area (Å²) in [5, 5.41) is 2.98. The lowest BCUT2D eigenvalue weighted by atomic mass is 10.1. The molecule has 0 aliphatic rings. The predicted molar refractivity (Wildman–Crippen MR) is 111 cm³/mol. The molecule has 0 aliphatic carbocycles. The van der Waals surface area contributed by atoms with Crippen molar-refractivity contribution in [3.05, 3.63) is 88.2 Å². The van der Waals surface area contributed by atoms with Crippen LogP contribution in [0.4, 0.5) is 0 Å². The Balaban J connectivity index is 1.72. The van der Waals surface area contributed by atoms with Gasteiger partial charge < -0.3 is 15.6 Å². The number of hydrogen-bond donors (Lipinski definition) is 2. The van der Waals surface area contributed by atoms with E-state index in [0.717, 1.165) is 28.2 Å². The molecule has 0 spiro atoms. The van der Waals surface area contributed by atoms with Crippen LogP contribution in [0.25, 0.3) is 5.69 Å². The number of nitrogens with zero attached hydrogens (tertiary/aromatic N) is 1. The molecule has 0 bridgehead atoms. The highest BCUT2D eigenvalue weighted by Gasteiger charge is 2.17. The number of nitrogens with one attached hydrogen (secondary N) is 1. The number of aromatic nitrogens is 1. The Morgan fingerprint density at radius 3 is 2.46 bits per heavy atom. The summed E-state index contributed by atoms with van der Waals surface area (Å²) in [6, 6.07) is 17.2. The first-order valence-electron chi connectivity index (χ1n) is 9.30. The monoisotopic (exact) mass is 375 g/mol. The molecule has 0 saturated carbocycles. The lowest BCUT2D eigenvalue weighted by molar-refractivity contribution is 0.0951. The Labute approximate surface area is 165 Å². The number of amides is 2. The third kappa shape index (κ3) is 3.98. The van der Waals surface area contributed by atoms with Crippen molar-refractivity contribution in [1.82, 2.24) is 9.88 Å². The van der Waals surface area contributed by atoms with E-state index < -0.39 is 5.91 Å². The average molecular weight is 375 g/mol. The van der Waals surface area contributed by atoms with Gasteiger partial charge in [0.2, 0.25) is 5.91 Å². The van der Waals surface area contributed by atoms with Crippen molar-refractivity contribution in [3.63, 3.8) is 0 Å². The number of aryl methyl sites for hydroxylation is 2. The van der Waals surface area contributed by atoms with E-state index in [4.69, 9.17) is 5.73 Å². The zero-order valence-corrected chi connectivity index (χ0v) is 16.5. The molecule has 0 saturated heterocycles. The zero-order valence-electron chi connectivity index (χ0n) is 16.5. The maximum atomic E-state index is 12.7. The average Bonchev–Trinajstić information content (AvgIpc) is 2.97. The number of nitrogens with two attached hydrogens (primary N) is 1. The fraction of sp³-hybridized carbons (Fsp3) is 0.217. The summed E-state index contributed by atoms with van der Waals surface area (Å²) in [4.78, 5) is 24.0. The molecule has 0 atom stereocenters. The second kappa shape index (κ2) is 8.13. The van der Waals surface area contributed by atoms with Gasteiger partial charge in [-0.2, -0.15) is 0 Å². The van der Waals surface area contributed by atoms with Gasteiger partial charge in [-0.1, -0.05) is 30.3 Å². The van der Waals surface area contributed by atoms with Gasteiger partial charge in [0, 0.05) is 29.2 Å². The van der Waals surface area contributed by atoms with Crippen molar-refractivity contribution < 1.29 is 9.59 Å². The van der Waals surface area contributed by atoms with E-state index in [1.165, 1.54) is 0 Å². The third-order valence-corrected chi connectivity index (χ3v) is 4.94. The van der Waals surface area contributed by atoms with Crippen molar-refractivity contribution in [1.29, 1.82) is 0 Å². The van der Waals surface area contributed by atoms with Gasteiger partial charge in [-0.3, -0.25) is 9.59 Å². The standard InChI is InChI=1S/C23H25N3O2/c1-15-7-4-5-10-21(15)26-16(2)13-20(17(26)3)23(28)25-12-11-18-8-6-9-19(14-18)22(24)27/h4-10,13-14H,11-12H2,1-3H3,(H2,24,27)(H,25,28). The summed E-state index contributed by atoms with van der Waals surface area (Å²) in [6.07, 6.45) is 0.628. The minimum Gasteiger partial charge on any atom is -0.366 e. The number of benzene rings is 2. The van der Waals surface area contributed by atoms with Crippen LogP contribution in [-0.2, 0) is 6.42 Å². The molecule has 1 heterocycles. The van der Waals surface area contributed by atoms with E-state index in [2.05, 4.69) is 28.9 Å². The first kappa shape index (κ1) is 19.4. The summed E-state index contributed by atoms with van der Waals surface area (Å²) < 4.78 is 2.11. The molecule has 2 aromatic carbocycles. The van der Waals surface area contributed by atoms with Crippen LogP contribution in [0.15, 0.2) is 54.6 Å². The lowest BCUT2D eigenvalue weighted by Crippen LogP contribution is -2.26. The van der Waals surface area contributed by atoms with Gasteiger partial charge in [-0.25, -0.2) is 0 Å². The normalized spacial score (nSPS) is 10.7. The van der Waals surface area contributed by atoms with Gasteiger partial charge in [0.05, 0.1) is 5.56 Å². The van der Waals surface area contributed by atoms with Crippen LogP contribution >= 0.6 is 0 Å². The van der Waals surface area contributed by atoms with E-state index in [0.29, 0.717) is 24.1 Å². The quantitative estimate of drug-likeness (QED) is 0.692. The molecular formula is C23H25N3O2. The Kier molecular flexibility index (Phi) is 5.64. The topological polar surface area (TPSA) is 77.1 Å². The van der Waals surface area contributed by atoms with Crippen LogP contribution in [-0.4, -0.2) is 22.9 Å². The second-order valence-corrected chi connectivity index (χ2v) is 6.98. The van der Waals surface area contributed by atoms with E-state index in [1.807, 2.05) is 38.1 Å². The second-order valence-electron chi connectivity index (χ2n) is 6.98. The van der Waals surface area contributed by atoms with Gasteiger partial charge in [0.1, 0.15) is 0 Å². The molecule has 5 nitrogen and oxygen atoms in total. The molecule has 5 heteroatoms. The minimum absolute atomic E-state index is 0.0982. The highest BCUT2D eigenvalue weighted by atomic mass is 16.2. The first-order chi connectivity index (χ1) is 13.4. The number of primary amides is 1. The molecule has 3 rings (SSSR count). The largest absolute Gasteiger partial charge is 0.366 e. The van der Waals surface area contributed by atoms with E-state index in [-0.39, 0.29) is 5.91 Å². The van der Waals surface area contributed by atoms with E-state index in [1.54, 1.807) is 18.2 Å². The lowest BCUT2D eigenvalue weighted by Gasteiger charge is -2.13. The molecule has 0 unspecified atom stereocenters. The molecule has 1 aromatic heterocycles. The first-order valence-corrected chi connectivity index (χ1v) is 9.30. The smallest absolute Gasteiger partial charge is 0.253 e. The number of hydrogen-bond acceptors (Lipinski definition) is 2. The highest BCUT2D eigenvalue weighted by Crippen LogP contribution is 2.23. The molecular weight excluding hydrogens is 350 g/mol. The molecule has 0 fully saturated rings. The number of carbonyl (C=O) groups is 2. The molecule has 0 radical (unpaired) electrons. The molecule has 28 heavy (non-hydrogen) atoms. The summed E-state index contributed by atoms with van der Waals surface area (Å²) in [7, 11) is 0. The Morgan fingerprint density at radius 2 is 1.75 bits per heavy atom. The minimum atomic E-state index is -0.450. The number of rotatable bonds is 6. The number of para-hydroxylation sites is 1.